The van der Waals surface area contributed by atoms with Crippen LogP contribution < -0.4 is 19.5 Å². The average molecular weight is 516 g/mol. The average Bonchev–Trinajstić information content (AvgIpc) is 2.95. The summed E-state index contributed by atoms with van der Waals surface area (Å²) in [6.07, 6.45) is 2.47. The minimum absolute atomic E-state index is 0.0826. The molecule has 0 unspecified atom stereocenters. The van der Waals surface area contributed by atoms with E-state index in [1.807, 2.05) is 55.5 Å². The van der Waals surface area contributed by atoms with Crippen LogP contribution in [0.2, 0.25) is 0 Å². The number of fused-ring (bicyclic) bond motifs is 1. The smallest absolute Gasteiger partial charge is 0.263 e. The van der Waals surface area contributed by atoms with E-state index in [1.165, 1.54) is 6.33 Å². The molecule has 38 heavy (non-hydrogen) atoms. The van der Waals surface area contributed by atoms with Crippen LogP contribution in [0.3, 0.4) is 0 Å². The van der Waals surface area contributed by atoms with Crippen LogP contribution in [0.1, 0.15) is 12.6 Å². The number of rotatable bonds is 8. The number of nitrogens with one attached hydrogen (secondary N) is 1. The van der Waals surface area contributed by atoms with Crippen molar-refractivity contribution < 1.29 is 23.7 Å². The van der Waals surface area contributed by atoms with E-state index in [9.17, 15) is 4.79 Å². The summed E-state index contributed by atoms with van der Waals surface area (Å²) < 4.78 is 23.0. The van der Waals surface area contributed by atoms with E-state index < -0.39 is 6.10 Å². The van der Waals surface area contributed by atoms with Crippen molar-refractivity contribution in [3.05, 3.63) is 66.7 Å². The van der Waals surface area contributed by atoms with E-state index in [0.717, 1.165) is 11.4 Å². The van der Waals surface area contributed by atoms with Gasteiger partial charge in [-0.05, 0) is 50.2 Å². The van der Waals surface area contributed by atoms with Gasteiger partial charge in [-0.2, -0.15) is 0 Å². The van der Waals surface area contributed by atoms with Crippen LogP contribution in [-0.4, -0.2) is 65.3 Å². The van der Waals surface area contributed by atoms with Crippen LogP contribution in [-0.2, 0) is 9.53 Å². The first-order valence-electron chi connectivity index (χ1n) is 12.3. The van der Waals surface area contributed by atoms with E-state index in [0.29, 0.717) is 66.0 Å². The number of morpholine rings is 1. The predicted molar refractivity (Wildman–Crippen MR) is 142 cm³/mol. The second kappa shape index (κ2) is 11.3. The van der Waals surface area contributed by atoms with E-state index in [-0.39, 0.29) is 5.91 Å². The Labute approximate surface area is 220 Å². The summed E-state index contributed by atoms with van der Waals surface area (Å²) in [4.78, 5) is 27.8. The summed E-state index contributed by atoms with van der Waals surface area (Å²) in [7, 11) is 1.58. The fourth-order valence-corrected chi connectivity index (χ4v) is 4.16. The number of aromatic nitrogens is 3. The molecule has 1 fully saturated rings. The third-order valence-electron chi connectivity index (χ3n) is 6.14. The van der Waals surface area contributed by atoms with E-state index in [2.05, 4.69) is 20.3 Å². The fraction of sp³-hybridized carbons (Fsp3) is 0.286. The summed E-state index contributed by atoms with van der Waals surface area (Å²) in [5.41, 5.74) is 2.32. The molecule has 0 saturated carbocycles. The first-order valence-corrected chi connectivity index (χ1v) is 12.3. The third-order valence-corrected chi connectivity index (χ3v) is 6.14. The molecule has 10 heteroatoms. The number of amides is 1. The van der Waals surface area contributed by atoms with Gasteiger partial charge >= 0.3 is 0 Å². The van der Waals surface area contributed by atoms with Crippen molar-refractivity contribution in [3.63, 3.8) is 0 Å². The molecule has 4 aromatic rings. The summed E-state index contributed by atoms with van der Waals surface area (Å²) in [6, 6.07) is 14.8. The topological polar surface area (TPSA) is 108 Å². The van der Waals surface area contributed by atoms with Gasteiger partial charge in [0.25, 0.3) is 5.91 Å². The number of ether oxygens (including phenoxy) is 4. The highest BCUT2D eigenvalue weighted by atomic mass is 16.5. The molecule has 1 N–H and O–H groups in total. The van der Waals surface area contributed by atoms with Gasteiger partial charge in [-0.25, -0.2) is 9.97 Å². The van der Waals surface area contributed by atoms with Crippen LogP contribution in [0.5, 0.6) is 23.0 Å². The monoisotopic (exact) mass is 515 g/mol. The molecule has 0 spiro atoms. The highest BCUT2D eigenvalue weighted by molar-refractivity contribution is 5.96. The second-order valence-corrected chi connectivity index (χ2v) is 8.80. The minimum atomic E-state index is -0.681. The number of hydrogen-bond donors (Lipinski definition) is 1. The van der Waals surface area contributed by atoms with Crippen LogP contribution in [0.25, 0.3) is 10.9 Å². The lowest BCUT2D eigenvalue weighted by atomic mass is 10.2. The molecule has 0 bridgehead atoms. The Bertz CT molecular complexity index is 1420. The Morgan fingerprint density at radius 2 is 1.87 bits per heavy atom. The Morgan fingerprint density at radius 3 is 2.63 bits per heavy atom. The van der Waals surface area contributed by atoms with Crippen molar-refractivity contribution in [1.29, 1.82) is 0 Å². The number of nitrogens with zero attached hydrogens (tertiary/aromatic N) is 4. The van der Waals surface area contributed by atoms with Crippen molar-refractivity contribution in [2.24, 2.45) is 0 Å². The van der Waals surface area contributed by atoms with Gasteiger partial charge in [0.05, 0.1) is 37.4 Å². The molecule has 1 saturated heterocycles. The Morgan fingerprint density at radius 1 is 1.03 bits per heavy atom. The molecule has 0 aliphatic carbocycles. The first kappa shape index (κ1) is 25.2. The molecule has 1 atom stereocenters. The quantitative estimate of drug-likeness (QED) is 0.363. The van der Waals surface area contributed by atoms with Crippen LogP contribution >= 0.6 is 0 Å². The molecule has 1 aliphatic heterocycles. The maximum atomic E-state index is 12.9. The van der Waals surface area contributed by atoms with Crippen LogP contribution in [0, 0.1) is 6.92 Å². The maximum Gasteiger partial charge on any atom is 0.263 e. The zero-order valence-corrected chi connectivity index (χ0v) is 21.5. The molecule has 3 heterocycles. The van der Waals surface area contributed by atoms with Gasteiger partial charge in [0.2, 0.25) is 0 Å². The van der Waals surface area contributed by atoms with Gasteiger partial charge in [-0.15, -0.1) is 0 Å². The molecule has 196 valence electrons. The lowest BCUT2D eigenvalue weighted by molar-refractivity contribution is -0.142. The van der Waals surface area contributed by atoms with Crippen molar-refractivity contribution in [1.82, 2.24) is 19.9 Å². The standard InChI is InChI=1S/C28H29N5O5/c1-18-7-9-21(16-29-18)38-23-10-8-20(15-25(23)35-3)32-27-26-22(30-17-31-27)5-4-6-24(26)37-19(2)28(34)33-11-13-36-14-12-33/h4-10,15-17,19H,11-14H2,1-3H3,(H,30,31,32)/t19-/m1/s1. The summed E-state index contributed by atoms with van der Waals surface area (Å²) in [5.74, 6) is 2.67. The number of aryl methyl sites for hydroxylation is 1. The normalized spacial score (nSPS) is 14.1. The second-order valence-electron chi connectivity index (χ2n) is 8.80. The molecule has 2 aromatic carbocycles. The number of methoxy groups -OCH3 is 1. The summed E-state index contributed by atoms with van der Waals surface area (Å²) in [5, 5.41) is 4.00. The lowest BCUT2D eigenvalue weighted by Crippen LogP contribution is -2.46. The Kier molecular flexibility index (Phi) is 7.50. The molecular weight excluding hydrogens is 486 g/mol. The van der Waals surface area contributed by atoms with Crippen molar-refractivity contribution in [2.75, 3.05) is 38.7 Å². The number of anilines is 2. The van der Waals surface area contributed by atoms with E-state index in [1.54, 1.807) is 25.1 Å². The van der Waals surface area contributed by atoms with Crippen LogP contribution in [0.4, 0.5) is 11.5 Å². The number of benzene rings is 2. The fourth-order valence-electron chi connectivity index (χ4n) is 4.16. The van der Waals surface area contributed by atoms with Crippen molar-refractivity contribution in [2.45, 2.75) is 20.0 Å². The SMILES string of the molecule is COc1cc(Nc2ncnc3cccc(O[C@H](C)C(=O)N4CCOCC4)c23)ccc1Oc1ccc(C)nc1. The van der Waals surface area contributed by atoms with Gasteiger partial charge in [0.1, 0.15) is 23.6 Å². The highest BCUT2D eigenvalue weighted by Gasteiger charge is 2.25. The first-order chi connectivity index (χ1) is 18.5. The molecule has 0 radical (unpaired) electrons. The Balaban J connectivity index is 1.39. The maximum absolute atomic E-state index is 12.9. The molecule has 10 nitrogen and oxygen atoms in total. The number of carbonyl (C=O) groups is 1. The van der Waals surface area contributed by atoms with Crippen molar-refractivity contribution in [3.8, 4) is 23.0 Å². The zero-order chi connectivity index (χ0) is 26.5. The molecular formula is C28H29N5O5. The van der Waals surface area contributed by atoms with Gasteiger partial charge in [0.15, 0.2) is 17.6 Å². The third kappa shape index (κ3) is 5.60. The number of pyridine rings is 1. The predicted octanol–water partition coefficient (Wildman–Crippen LogP) is 4.50. The lowest BCUT2D eigenvalue weighted by Gasteiger charge is -2.29. The van der Waals surface area contributed by atoms with Crippen molar-refractivity contribution >= 4 is 28.3 Å². The van der Waals surface area contributed by atoms with E-state index >= 15 is 0 Å². The minimum Gasteiger partial charge on any atom is -0.493 e. The number of carbonyl (C=O) groups excluding carboxylic acids is 1. The Hall–Kier alpha value is -4.44. The zero-order valence-electron chi connectivity index (χ0n) is 21.5. The molecule has 1 aliphatic rings. The van der Waals surface area contributed by atoms with Gasteiger partial charge in [0, 0.05) is 30.5 Å². The van der Waals surface area contributed by atoms with Gasteiger partial charge < -0.3 is 29.2 Å². The largest absolute Gasteiger partial charge is 0.493 e. The molecule has 2 aromatic heterocycles. The molecule has 1 amide bonds. The van der Waals surface area contributed by atoms with E-state index in [4.69, 9.17) is 18.9 Å². The summed E-state index contributed by atoms with van der Waals surface area (Å²) in [6.45, 7) is 5.84. The molecule has 5 rings (SSSR count). The van der Waals surface area contributed by atoms with Gasteiger partial charge in [-0.1, -0.05) is 6.07 Å². The van der Waals surface area contributed by atoms with Gasteiger partial charge in [-0.3, -0.25) is 9.78 Å². The highest BCUT2D eigenvalue weighted by Crippen LogP contribution is 2.37. The summed E-state index contributed by atoms with van der Waals surface area (Å²) >= 11 is 0. The van der Waals surface area contributed by atoms with Crippen LogP contribution in [0.15, 0.2) is 61.1 Å². The number of hydrogen-bond acceptors (Lipinski definition) is 9.